The van der Waals surface area contributed by atoms with E-state index in [1.807, 2.05) is 0 Å². The average molecular weight is 209 g/mol. The lowest BCUT2D eigenvalue weighted by atomic mass is 10.1. The SMILES string of the molecule is O=C(O)C1CCC(P(=O)(O)O)CN1. The molecule has 0 aromatic carbocycles. The third-order valence-corrected chi connectivity index (χ3v) is 3.55. The third-order valence-electron chi connectivity index (χ3n) is 2.16. The first-order chi connectivity index (χ1) is 5.91. The van der Waals surface area contributed by atoms with E-state index in [2.05, 4.69) is 5.32 Å². The van der Waals surface area contributed by atoms with Crippen LogP contribution < -0.4 is 5.32 Å². The van der Waals surface area contributed by atoms with Gasteiger partial charge in [0.25, 0.3) is 0 Å². The highest BCUT2D eigenvalue weighted by Gasteiger charge is 2.34. The van der Waals surface area contributed by atoms with Gasteiger partial charge in [0.2, 0.25) is 0 Å². The van der Waals surface area contributed by atoms with E-state index < -0.39 is 25.3 Å². The zero-order valence-corrected chi connectivity index (χ0v) is 7.78. The summed E-state index contributed by atoms with van der Waals surface area (Å²) >= 11 is 0. The Kier molecular flexibility index (Phi) is 3.08. The molecule has 1 fully saturated rings. The summed E-state index contributed by atoms with van der Waals surface area (Å²) < 4.78 is 10.8. The number of piperidine rings is 1. The van der Waals surface area contributed by atoms with Crippen molar-refractivity contribution in [1.29, 1.82) is 0 Å². The van der Waals surface area contributed by atoms with Gasteiger partial charge in [-0.1, -0.05) is 0 Å². The Morgan fingerprint density at radius 3 is 2.31 bits per heavy atom. The predicted molar refractivity (Wildman–Crippen MR) is 44.5 cm³/mol. The summed E-state index contributed by atoms with van der Waals surface area (Å²) in [5.41, 5.74) is -0.733. The molecule has 7 heteroatoms. The molecular formula is C6H12NO5P. The van der Waals surface area contributed by atoms with Crippen molar-refractivity contribution >= 4 is 13.6 Å². The lowest BCUT2D eigenvalue weighted by molar-refractivity contribution is -0.140. The molecule has 0 saturated carbocycles. The number of aliphatic carboxylic acids is 1. The zero-order valence-electron chi connectivity index (χ0n) is 6.88. The Hall–Kier alpha value is -0.420. The van der Waals surface area contributed by atoms with Crippen LogP contribution in [0, 0.1) is 0 Å². The summed E-state index contributed by atoms with van der Waals surface area (Å²) in [5, 5.41) is 11.2. The molecule has 0 aromatic rings. The van der Waals surface area contributed by atoms with Gasteiger partial charge in [0.15, 0.2) is 0 Å². The van der Waals surface area contributed by atoms with Gasteiger partial charge in [-0.2, -0.15) is 0 Å². The van der Waals surface area contributed by atoms with Crippen LogP contribution in [-0.2, 0) is 9.36 Å². The maximum atomic E-state index is 10.8. The lowest BCUT2D eigenvalue weighted by Gasteiger charge is -2.27. The maximum absolute atomic E-state index is 10.8. The molecule has 13 heavy (non-hydrogen) atoms. The van der Waals surface area contributed by atoms with Crippen molar-refractivity contribution in [2.24, 2.45) is 0 Å². The number of hydrogen-bond donors (Lipinski definition) is 4. The highest BCUT2D eigenvalue weighted by Crippen LogP contribution is 2.44. The van der Waals surface area contributed by atoms with Gasteiger partial charge in [0, 0.05) is 6.54 Å². The highest BCUT2D eigenvalue weighted by atomic mass is 31.2. The van der Waals surface area contributed by atoms with Crippen molar-refractivity contribution in [1.82, 2.24) is 5.32 Å². The van der Waals surface area contributed by atoms with Crippen molar-refractivity contribution in [3.63, 3.8) is 0 Å². The summed E-state index contributed by atoms with van der Waals surface area (Å²) in [7, 11) is -4.05. The molecule has 1 saturated heterocycles. The van der Waals surface area contributed by atoms with Gasteiger partial charge in [-0.15, -0.1) is 0 Å². The van der Waals surface area contributed by atoms with Crippen molar-refractivity contribution < 1.29 is 24.3 Å². The van der Waals surface area contributed by atoms with E-state index in [1.54, 1.807) is 0 Å². The minimum Gasteiger partial charge on any atom is -0.480 e. The van der Waals surface area contributed by atoms with Crippen LogP contribution in [0.5, 0.6) is 0 Å². The van der Waals surface area contributed by atoms with E-state index in [4.69, 9.17) is 14.9 Å². The summed E-state index contributed by atoms with van der Waals surface area (Å²) in [6, 6.07) is -0.664. The zero-order chi connectivity index (χ0) is 10.1. The summed E-state index contributed by atoms with van der Waals surface area (Å²) in [6.45, 7) is 0.0707. The third kappa shape index (κ3) is 2.77. The van der Waals surface area contributed by atoms with Gasteiger partial charge < -0.3 is 20.2 Å². The minimum absolute atomic E-state index is 0.0707. The van der Waals surface area contributed by atoms with Crippen LogP contribution >= 0.6 is 7.60 Å². The largest absolute Gasteiger partial charge is 0.480 e. The van der Waals surface area contributed by atoms with E-state index in [9.17, 15) is 9.36 Å². The van der Waals surface area contributed by atoms with Gasteiger partial charge in [0.1, 0.15) is 6.04 Å². The van der Waals surface area contributed by atoms with Crippen LogP contribution in [0.15, 0.2) is 0 Å². The fourth-order valence-corrected chi connectivity index (χ4v) is 2.17. The van der Waals surface area contributed by atoms with Crippen LogP contribution in [0.2, 0.25) is 0 Å². The molecule has 2 atom stereocenters. The Morgan fingerprint density at radius 1 is 1.38 bits per heavy atom. The quantitative estimate of drug-likeness (QED) is 0.451. The second-order valence-corrected chi connectivity index (χ2v) is 5.03. The molecule has 2 unspecified atom stereocenters. The predicted octanol–water partition coefficient (Wildman–Crippen LogP) is -0.631. The molecule has 76 valence electrons. The molecule has 1 rings (SSSR count). The van der Waals surface area contributed by atoms with E-state index >= 15 is 0 Å². The molecule has 0 amide bonds. The van der Waals surface area contributed by atoms with Gasteiger partial charge in [0.05, 0.1) is 5.66 Å². The first-order valence-electron chi connectivity index (χ1n) is 3.92. The fraction of sp³-hybridized carbons (Fsp3) is 0.833. The molecule has 1 aliphatic heterocycles. The monoisotopic (exact) mass is 209 g/mol. The van der Waals surface area contributed by atoms with E-state index in [-0.39, 0.29) is 19.4 Å². The number of nitrogens with one attached hydrogen (secondary N) is 1. The summed E-state index contributed by atoms with van der Waals surface area (Å²) in [6.07, 6.45) is 0.527. The number of carbonyl (C=O) groups is 1. The molecule has 0 aliphatic carbocycles. The van der Waals surface area contributed by atoms with Crippen molar-refractivity contribution in [3.8, 4) is 0 Å². The number of carboxylic acids is 1. The smallest absolute Gasteiger partial charge is 0.329 e. The molecule has 0 spiro atoms. The molecule has 0 bridgehead atoms. The lowest BCUT2D eigenvalue weighted by Crippen LogP contribution is -2.45. The minimum atomic E-state index is -4.05. The first-order valence-corrected chi connectivity index (χ1v) is 5.61. The molecule has 1 heterocycles. The molecule has 0 radical (unpaired) electrons. The molecule has 6 nitrogen and oxygen atoms in total. The van der Waals surface area contributed by atoms with E-state index in [0.717, 1.165) is 0 Å². The van der Waals surface area contributed by atoms with Crippen molar-refractivity contribution in [2.75, 3.05) is 6.54 Å². The van der Waals surface area contributed by atoms with Crippen LogP contribution in [0.1, 0.15) is 12.8 Å². The Morgan fingerprint density at radius 2 is 2.00 bits per heavy atom. The molecular weight excluding hydrogens is 197 g/mol. The Bertz CT molecular complexity index is 241. The fourth-order valence-electron chi connectivity index (χ4n) is 1.34. The number of carboxylic acid groups (broad SMARTS) is 1. The number of rotatable bonds is 2. The molecule has 1 aliphatic rings. The van der Waals surface area contributed by atoms with Gasteiger partial charge >= 0.3 is 13.6 Å². The Labute approximate surface area is 75.1 Å². The standard InChI is InChI=1S/C6H12NO5P/c8-6(9)5-2-1-4(3-7-5)13(10,11)12/h4-5,7H,1-3H2,(H,8,9)(H2,10,11,12). The second kappa shape index (κ2) is 3.75. The molecule has 0 aromatic heterocycles. The van der Waals surface area contributed by atoms with Crippen LogP contribution in [0.25, 0.3) is 0 Å². The summed E-state index contributed by atoms with van der Waals surface area (Å²) in [5.74, 6) is -0.968. The van der Waals surface area contributed by atoms with Crippen molar-refractivity contribution in [3.05, 3.63) is 0 Å². The Balaban J connectivity index is 2.48. The van der Waals surface area contributed by atoms with Gasteiger partial charge in [-0.25, -0.2) is 0 Å². The van der Waals surface area contributed by atoms with Crippen LogP contribution in [-0.4, -0.2) is 39.1 Å². The van der Waals surface area contributed by atoms with E-state index in [1.165, 1.54) is 0 Å². The van der Waals surface area contributed by atoms with Crippen molar-refractivity contribution in [2.45, 2.75) is 24.5 Å². The van der Waals surface area contributed by atoms with E-state index in [0.29, 0.717) is 0 Å². The molecule has 4 N–H and O–H groups in total. The highest BCUT2D eigenvalue weighted by molar-refractivity contribution is 7.52. The number of hydrogen-bond acceptors (Lipinski definition) is 3. The first kappa shape index (κ1) is 10.7. The summed E-state index contributed by atoms with van der Waals surface area (Å²) in [4.78, 5) is 28.0. The normalized spacial score (nSPS) is 30.0. The maximum Gasteiger partial charge on any atom is 0.329 e. The van der Waals surface area contributed by atoms with Crippen LogP contribution in [0.3, 0.4) is 0 Å². The van der Waals surface area contributed by atoms with Crippen LogP contribution in [0.4, 0.5) is 0 Å². The topological polar surface area (TPSA) is 107 Å². The van der Waals surface area contributed by atoms with Gasteiger partial charge in [-0.05, 0) is 12.8 Å². The second-order valence-electron chi connectivity index (χ2n) is 3.12. The van der Waals surface area contributed by atoms with Gasteiger partial charge in [-0.3, -0.25) is 9.36 Å². The average Bonchev–Trinajstić information content (AvgIpc) is 2.03.